The number of benzene rings is 2. The van der Waals surface area contributed by atoms with Crippen LogP contribution < -0.4 is 10.1 Å². The third-order valence-electron chi connectivity index (χ3n) is 3.58. The number of rotatable bonds is 5. The fourth-order valence-corrected chi connectivity index (χ4v) is 3.43. The van der Waals surface area contributed by atoms with Crippen LogP contribution >= 0.6 is 31.9 Å². The molecule has 0 saturated heterocycles. The lowest BCUT2D eigenvalue weighted by Gasteiger charge is -2.20. The van der Waals surface area contributed by atoms with E-state index in [0.717, 1.165) is 21.1 Å². The molecule has 4 heteroatoms. The molecule has 2 nitrogen and oxygen atoms in total. The van der Waals surface area contributed by atoms with Crippen molar-refractivity contribution in [3.63, 3.8) is 0 Å². The zero-order valence-electron chi connectivity index (χ0n) is 12.4. The van der Waals surface area contributed by atoms with Crippen LogP contribution in [0, 0.1) is 6.92 Å². The van der Waals surface area contributed by atoms with Gasteiger partial charge in [0, 0.05) is 15.0 Å². The van der Waals surface area contributed by atoms with Crippen molar-refractivity contribution < 1.29 is 4.74 Å². The van der Waals surface area contributed by atoms with Crippen molar-refractivity contribution in [2.45, 2.75) is 19.4 Å². The highest BCUT2D eigenvalue weighted by Crippen LogP contribution is 2.31. The van der Waals surface area contributed by atoms with E-state index in [0.29, 0.717) is 0 Å². The normalized spacial score (nSPS) is 12.2. The van der Waals surface area contributed by atoms with E-state index in [2.05, 4.69) is 68.4 Å². The molecule has 0 aromatic heterocycles. The van der Waals surface area contributed by atoms with E-state index >= 15 is 0 Å². The number of ether oxygens (including phenoxy) is 1. The second kappa shape index (κ2) is 7.43. The SMILES string of the molecule is CNC(Cc1cccc(OC)c1)c1cc(Br)c(C)cc1Br. The number of nitrogens with one attached hydrogen (secondary N) is 1. The second-order valence-electron chi connectivity index (χ2n) is 5.02. The summed E-state index contributed by atoms with van der Waals surface area (Å²) in [6.07, 6.45) is 0.905. The molecule has 0 heterocycles. The summed E-state index contributed by atoms with van der Waals surface area (Å²) in [7, 11) is 3.69. The molecule has 0 radical (unpaired) electrons. The summed E-state index contributed by atoms with van der Waals surface area (Å²) in [5.74, 6) is 0.895. The predicted molar refractivity (Wildman–Crippen MR) is 95.1 cm³/mol. The fraction of sp³-hybridized carbons (Fsp3) is 0.294. The molecular weight excluding hydrogens is 394 g/mol. The Morgan fingerprint density at radius 3 is 2.57 bits per heavy atom. The van der Waals surface area contributed by atoms with E-state index in [1.54, 1.807) is 7.11 Å². The molecule has 2 aromatic rings. The highest BCUT2D eigenvalue weighted by atomic mass is 79.9. The van der Waals surface area contributed by atoms with E-state index < -0.39 is 0 Å². The Balaban J connectivity index is 2.29. The largest absolute Gasteiger partial charge is 0.497 e. The maximum absolute atomic E-state index is 5.30. The molecule has 0 amide bonds. The molecule has 1 N–H and O–H groups in total. The van der Waals surface area contributed by atoms with Gasteiger partial charge in [-0.25, -0.2) is 0 Å². The molecule has 1 unspecified atom stereocenters. The molecule has 0 spiro atoms. The first-order valence-corrected chi connectivity index (χ1v) is 8.39. The lowest BCUT2D eigenvalue weighted by atomic mass is 9.98. The van der Waals surface area contributed by atoms with Gasteiger partial charge in [-0.3, -0.25) is 0 Å². The maximum atomic E-state index is 5.30. The minimum atomic E-state index is 0.239. The summed E-state index contributed by atoms with van der Waals surface area (Å²) >= 11 is 7.30. The van der Waals surface area contributed by atoms with Crippen LogP contribution in [0.15, 0.2) is 45.3 Å². The van der Waals surface area contributed by atoms with Crippen LogP contribution in [-0.4, -0.2) is 14.2 Å². The first-order chi connectivity index (χ1) is 10.0. The second-order valence-corrected chi connectivity index (χ2v) is 6.73. The molecular formula is C17H19Br2NO. The lowest BCUT2D eigenvalue weighted by molar-refractivity contribution is 0.414. The molecule has 0 aliphatic rings. The van der Waals surface area contributed by atoms with E-state index in [1.165, 1.54) is 16.7 Å². The summed E-state index contributed by atoms with van der Waals surface area (Å²) in [6, 6.07) is 12.8. The number of hydrogen-bond donors (Lipinski definition) is 1. The Morgan fingerprint density at radius 2 is 1.90 bits per heavy atom. The van der Waals surface area contributed by atoms with E-state index in [4.69, 9.17) is 4.74 Å². The van der Waals surface area contributed by atoms with Gasteiger partial charge in [0.2, 0.25) is 0 Å². The van der Waals surface area contributed by atoms with Gasteiger partial charge in [0.25, 0.3) is 0 Å². The molecule has 0 aliphatic heterocycles. The average Bonchev–Trinajstić information content (AvgIpc) is 2.49. The molecule has 2 rings (SSSR count). The Hall–Kier alpha value is -0.840. The fourth-order valence-electron chi connectivity index (χ4n) is 2.33. The molecule has 1 atom stereocenters. The number of likely N-dealkylation sites (N-methyl/N-ethyl adjacent to an activating group) is 1. The van der Waals surface area contributed by atoms with Crippen LogP contribution in [-0.2, 0) is 6.42 Å². The third kappa shape index (κ3) is 4.09. The van der Waals surface area contributed by atoms with Crippen molar-refractivity contribution in [1.82, 2.24) is 5.32 Å². The minimum absolute atomic E-state index is 0.239. The quantitative estimate of drug-likeness (QED) is 0.743. The Labute approximate surface area is 143 Å². The first kappa shape index (κ1) is 16.5. The van der Waals surface area contributed by atoms with E-state index in [-0.39, 0.29) is 6.04 Å². The predicted octanol–water partition coefficient (Wildman–Crippen LogP) is 5.03. The van der Waals surface area contributed by atoms with Crippen LogP contribution in [0.1, 0.15) is 22.7 Å². The first-order valence-electron chi connectivity index (χ1n) is 6.81. The summed E-state index contributed by atoms with van der Waals surface area (Å²) in [5, 5.41) is 3.40. The Morgan fingerprint density at radius 1 is 1.14 bits per heavy atom. The van der Waals surface area contributed by atoms with Gasteiger partial charge in [-0.2, -0.15) is 0 Å². The number of aryl methyl sites for hydroxylation is 1. The van der Waals surface area contributed by atoms with Crippen molar-refractivity contribution in [1.29, 1.82) is 0 Å². The molecule has 2 aromatic carbocycles. The highest BCUT2D eigenvalue weighted by molar-refractivity contribution is 9.11. The number of methoxy groups -OCH3 is 1. The van der Waals surface area contributed by atoms with Crippen molar-refractivity contribution >= 4 is 31.9 Å². The van der Waals surface area contributed by atoms with Gasteiger partial charge < -0.3 is 10.1 Å². The van der Waals surface area contributed by atoms with Crippen LogP contribution in [0.5, 0.6) is 5.75 Å². The van der Waals surface area contributed by atoms with Crippen LogP contribution in [0.4, 0.5) is 0 Å². The minimum Gasteiger partial charge on any atom is -0.497 e. The van der Waals surface area contributed by atoms with Crippen LogP contribution in [0.2, 0.25) is 0 Å². The van der Waals surface area contributed by atoms with Crippen molar-refractivity contribution in [2.24, 2.45) is 0 Å². The number of halogens is 2. The zero-order valence-corrected chi connectivity index (χ0v) is 15.6. The smallest absolute Gasteiger partial charge is 0.119 e. The van der Waals surface area contributed by atoms with Gasteiger partial charge in [-0.15, -0.1) is 0 Å². The van der Waals surface area contributed by atoms with Crippen LogP contribution in [0.3, 0.4) is 0 Å². The van der Waals surface area contributed by atoms with Crippen molar-refractivity contribution in [3.05, 3.63) is 62.0 Å². The topological polar surface area (TPSA) is 21.3 Å². The van der Waals surface area contributed by atoms with Crippen LogP contribution in [0.25, 0.3) is 0 Å². The third-order valence-corrected chi connectivity index (χ3v) is 5.12. The summed E-state index contributed by atoms with van der Waals surface area (Å²) < 4.78 is 7.56. The molecule has 112 valence electrons. The molecule has 21 heavy (non-hydrogen) atoms. The molecule has 0 aliphatic carbocycles. The lowest BCUT2D eigenvalue weighted by Crippen LogP contribution is -2.19. The van der Waals surface area contributed by atoms with E-state index in [9.17, 15) is 0 Å². The average molecular weight is 413 g/mol. The Kier molecular flexibility index (Phi) is 5.85. The van der Waals surface area contributed by atoms with Crippen molar-refractivity contribution in [3.8, 4) is 5.75 Å². The zero-order chi connectivity index (χ0) is 15.4. The molecule has 0 fully saturated rings. The van der Waals surface area contributed by atoms with Gasteiger partial charge >= 0.3 is 0 Å². The van der Waals surface area contributed by atoms with Gasteiger partial charge in [0.05, 0.1) is 7.11 Å². The van der Waals surface area contributed by atoms with Crippen molar-refractivity contribution in [2.75, 3.05) is 14.2 Å². The Bertz CT molecular complexity index is 628. The highest BCUT2D eigenvalue weighted by Gasteiger charge is 2.15. The van der Waals surface area contributed by atoms with Gasteiger partial charge in [0.15, 0.2) is 0 Å². The monoisotopic (exact) mass is 411 g/mol. The van der Waals surface area contributed by atoms with Gasteiger partial charge in [-0.1, -0.05) is 44.0 Å². The van der Waals surface area contributed by atoms with Gasteiger partial charge in [0.1, 0.15) is 5.75 Å². The maximum Gasteiger partial charge on any atom is 0.119 e. The molecule has 0 bridgehead atoms. The standard InChI is InChI=1S/C17H19Br2NO/c1-11-7-16(19)14(10-15(11)18)17(20-2)9-12-5-4-6-13(8-12)21-3/h4-8,10,17,20H,9H2,1-3H3. The summed E-state index contributed by atoms with van der Waals surface area (Å²) in [4.78, 5) is 0. The number of hydrogen-bond acceptors (Lipinski definition) is 2. The summed E-state index contributed by atoms with van der Waals surface area (Å²) in [6.45, 7) is 2.09. The van der Waals surface area contributed by atoms with E-state index in [1.807, 2.05) is 19.2 Å². The molecule has 0 saturated carbocycles. The van der Waals surface area contributed by atoms with Gasteiger partial charge in [-0.05, 0) is 61.3 Å². The summed E-state index contributed by atoms with van der Waals surface area (Å²) in [5.41, 5.74) is 3.72.